The maximum absolute atomic E-state index is 13.4. The van der Waals surface area contributed by atoms with Gasteiger partial charge >= 0.3 is 5.97 Å². The average molecular weight is 455 g/mol. The van der Waals surface area contributed by atoms with Crippen molar-refractivity contribution in [2.24, 2.45) is 0 Å². The van der Waals surface area contributed by atoms with Crippen molar-refractivity contribution in [1.82, 2.24) is 4.31 Å². The number of aliphatic carboxylic acids is 1. The first-order valence-electron chi connectivity index (χ1n) is 8.97. The SMILES string of the molecule is COc1cc(NC(C)=O)c(Cl)cc1S(=O)(=O)N(CCC(=O)O)Cc1cccc(C)c1. The number of halogens is 1. The molecule has 8 nitrogen and oxygen atoms in total. The number of benzene rings is 2. The molecule has 0 saturated carbocycles. The molecule has 0 radical (unpaired) electrons. The molecule has 0 aliphatic carbocycles. The van der Waals surface area contributed by atoms with Gasteiger partial charge in [-0.1, -0.05) is 41.4 Å². The fourth-order valence-electron chi connectivity index (χ4n) is 2.84. The molecule has 0 aromatic heterocycles. The highest BCUT2D eigenvalue weighted by Crippen LogP contribution is 2.35. The van der Waals surface area contributed by atoms with Crippen LogP contribution in [0.2, 0.25) is 5.02 Å². The number of amides is 1. The third-order valence-corrected chi connectivity index (χ3v) is 6.38. The third kappa shape index (κ3) is 5.94. The number of carbonyl (C=O) groups excluding carboxylic acids is 1. The second-order valence-corrected chi connectivity index (χ2v) is 8.95. The predicted octanol–water partition coefficient (Wildman–Crippen LogP) is 3.28. The minimum Gasteiger partial charge on any atom is -0.495 e. The van der Waals surface area contributed by atoms with Crippen molar-refractivity contribution in [1.29, 1.82) is 0 Å². The maximum Gasteiger partial charge on any atom is 0.304 e. The first-order valence-corrected chi connectivity index (χ1v) is 10.8. The molecule has 0 unspecified atom stereocenters. The number of carboxylic acids is 1. The van der Waals surface area contributed by atoms with Crippen molar-refractivity contribution in [2.75, 3.05) is 19.0 Å². The van der Waals surface area contributed by atoms with E-state index in [4.69, 9.17) is 21.4 Å². The molecule has 2 rings (SSSR count). The fraction of sp³-hybridized carbons (Fsp3) is 0.300. The van der Waals surface area contributed by atoms with Gasteiger partial charge in [0.2, 0.25) is 15.9 Å². The smallest absolute Gasteiger partial charge is 0.304 e. The van der Waals surface area contributed by atoms with Gasteiger partial charge in [0.15, 0.2) is 0 Å². The van der Waals surface area contributed by atoms with E-state index in [2.05, 4.69) is 5.32 Å². The topological polar surface area (TPSA) is 113 Å². The van der Waals surface area contributed by atoms with Crippen LogP contribution in [0.1, 0.15) is 24.5 Å². The van der Waals surface area contributed by atoms with Gasteiger partial charge in [-0.2, -0.15) is 4.31 Å². The molecule has 0 spiro atoms. The summed E-state index contributed by atoms with van der Waals surface area (Å²) < 4.78 is 33.1. The zero-order valence-corrected chi connectivity index (χ0v) is 18.4. The van der Waals surface area contributed by atoms with Gasteiger partial charge in [0.25, 0.3) is 0 Å². The molecular weight excluding hydrogens is 432 g/mol. The summed E-state index contributed by atoms with van der Waals surface area (Å²) >= 11 is 6.17. The van der Waals surface area contributed by atoms with Gasteiger partial charge in [-0.25, -0.2) is 8.42 Å². The number of carboxylic acid groups (broad SMARTS) is 1. The summed E-state index contributed by atoms with van der Waals surface area (Å²) in [5, 5.41) is 11.6. The molecule has 0 fully saturated rings. The van der Waals surface area contributed by atoms with Crippen molar-refractivity contribution in [3.8, 4) is 5.75 Å². The molecule has 0 aliphatic heterocycles. The number of nitrogens with zero attached hydrogens (tertiary/aromatic N) is 1. The molecule has 2 aromatic rings. The lowest BCUT2D eigenvalue weighted by molar-refractivity contribution is -0.137. The van der Waals surface area contributed by atoms with Crippen LogP contribution in [0.15, 0.2) is 41.3 Å². The lowest BCUT2D eigenvalue weighted by atomic mass is 10.1. The Morgan fingerprint density at radius 2 is 1.93 bits per heavy atom. The normalized spacial score (nSPS) is 11.4. The van der Waals surface area contributed by atoms with E-state index in [0.717, 1.165) is 9.87 Å². The summed E-state index contributed by atoms with van der Waals surface area (Å²) in [7, 11) is -2.88. The number of hydrogen-bond acceptors (Lipinski definition) is 5. The number of hydrogen-bond donors (Lipinski definition) is 2. The van der Waals surface area contributed by atoms with E-state index in [1.807, 2.05) is 19.1 Å². The van der Waals surface area contributed by atoms with Crippen LogP contribution in [0.4, 0.5) is 5.69 Å². The van der Waals surface area contributed by atoms with Gasteiger partial charge in [0.05, 0.1) is 24.2 Å². The van der Waals surface area contributed by atoms with Crippen molar-refractivity contribution in [3.63, 3.8) is 0 Å². The Balaban J connectivity index is 2.51. The van der Waals surface area contributed by atoms with E-state index in [-0.39, 0.29) is 46.8 Å². The van der Waals surface area contributed by atoms with Crippen LogP contribution in [-0.4, -0.2) is 43.4 Å². The predicted molar refractivity (Wildman–Crippen MR) is 113 cm³/mol. The Labute approximate surface area is 180 Å². The number of rotatable bonds is 9. The Morgan fingerprint density at radius 1 is 1.23 bits per heavy atom. The molecule has 10 heteroatoms. The lowest BCUT2D eigenvalue weighted by Gasteiger charge is -2.23. The molecule has 30 heavy (non-hydrogen) atoms. The second-order valence-electron chi connectivity index (χ2n) is 6.64. The number of nitrogens with one attached hydrogen (secondary N) is 1. The minimum absolute atomic E-state index is 0.0123. The molecule has 0 bridgehead atoms. The molecule has 0 atom stereocenters. The van der Waals surface area contributed by atoms with Gasteiger partial charge in [-0.05, 0) is 18.6 Å². The zero-order valence-electron chi connectivity index (χ0n) is 16.8. The monoisotopic (exact) mass is 454 g/mol. The van der Waals surface area contributed by atoms with Crippen LogP contribution in [0.5, 0.6) is 5.75 Å². The van der Waals surface area contributed by atoms with E-state index < -0.39 is 16.0 Å². The van der Waals surface area contributed by atoms with Gasteiger partial charge in [-0.15, -0.1) is 0 Å². The standard InChI is InChI=1S/C20H23ClN2O6S/c1-13-5-4-6-15(9-13)12-23(8-7-20(25)26)30(27,28)19-10-16(21)17(22-14(2)24)11-18(19)29-3/h4-6,9-11H,7-8,12H2,1-3H3,(H,22,24)(H,25,26). The lowest BCUT2D eigenvalue weighted by Crippen LogP contribution is -2.33. The average Bonchev–Trinajstić information content (AvgIpc) is 2.65. The molecule has 0 saturated heterocycles. The highest BCUT2D eigenvalue weighted by atomic mass is 35.5. The Morgan fingerprint density at radius 3 is 2.50 bits per heavy atom. The van der Waals surface area contributed by atoms with Crippen molar-refractivity contribution >= 4 is 39.2 Å². The van der Waals surface area contributed by atoms with E-state index in [9.17, 15) is 18.0 Å². The molecule has 0 aliphatic rings. The van der Waals surface area contributed by atoms with E-state index in [0.29, 0.717) is 5.56 Å². The van der Waals surface area contributed by atoms with Crippen molar-refractivity contribution < 1.29 is 27.9 Å². The minimum atomic E-state index is -4.17. The van der Waals surface area contributed by atoms with Crippen LogP contribution >= 0.6 is 11.6 Å². The van der Waals surface area contributed by atoms with Crippen LogP contribution in [0, 0.1) is 6.92 Å². The fourth-order valence-corrected chi connectivity index (χ4v) is 4.71. The zero-order chi connectivity index (χ0) is 22.5. The van der Waals surface area contributed by atoms with Crippen molar-refractivity contribution in [2.45, 2.75) is 31.7 Å². The molecular formula is C20H23ClN2O6S. The molecule has 2 aromatic carbocycles. The summed E-state index contributed by atoms with van der Waals surface area (Å²) in [5.41, 5.74) is 1.86. The summed E-state index contributed by atoms with van der Waals surface area (Å²) in [6.07, 6.45) is -0.370. The quantitative estimate of drug-likeness (QED) is 0.601. The summed E-state index contributed by atoms with van der Waals surface area (Å²) in [4.78, 5) is 22.2. The van der Waals surface area contributed by atoms with E-state index in [1.165, 1.54) is 26.2 Å². The number of anilines is 1. The van der Waals surface area contributed by atoms with E-state index in [1.54, 1.807) is 12.1 Å². The maximum atomic E-state index is 13.4. The van der Waals surface area contributed by atoms with Gasteiger partial charge < -0.3 is 15.2 Å². The van der Waals surface area contributed by atoms with Crippen LogP contribution in [-0.2, 0) is 26.2 Å². The number of carbonyl (C=O) groups is 2. The largest absolute Gasteiger partial charge is 0.495 e. The summed E-state index contributed by atoms with van der Waals surface area (Å²) in [6, 6.07) is 9.77. The molecule has 162 valence electrons. The summed E-state index contributed by atoms with van der Waals surface area (Å²) in [5.74, 6) is -1.52. The Bertz CT molecular complexity index is 1060. The highest BCUT2D eigenvalue weighted by molar-refractivity contribution is 7.89. The van der Waals surface area contributed by atoms with Crippen LogP contribution in [0.25, 0.3) is 0 Å². The number of methoxy groups -OCH3 is 1. The van der Waals surface area contributed by atoms with Gasteiger partial charge in [-0.3, -0.25) is 9.59 Å². The highest BCUT2D eigenvalue weighted by Gasteiger charge is 2.29. The second kappa shape index (κ2) is 9.92. The Kier molecular flexibility index (Phi) is 7.83. The molecule has 1 amide bonds. The van der Waals surface area contributed by atoms with Crippen LogP contribution < -0.4 is 10.1 Å². The van der Waals surface area contributed by atoms with Gasteiger partial charge in [0, 0.05) is 26.1 Å². The number of aryl methyl sites for hydroxylation is 1. The van der Waals surface area contributed by atoms with E-state index >= 15 is 0 Å². The number of sulfonamides is 1. The van der Waals surface area contributed by atoms with Crippen LogP contribution in [0.3, 0.4) is 0 Å². The van der Waals surface area contributed by atoms with Crippen molar-refractivity contribution in [3.05, 3.63) is 52.5 Å². The number of ether oxygens (including phenoxy) is 1. The Hall–Kier alpha value is -2.62. The third-order valence-electron chi connectivity index (χ3n) is 4.20. The van der Waals surface area contributed by atoms with Gasteiger partial charge in [0.1, 0.15) is 10.6 Å². The molecule has 0 heterocycles. The summed E-state index contributed by atoms with van der Waals surface area (Å²) in [6.45, 7) is 2.91. The first-order chi connectivity index (χ1) is 14.0. The molecule has 2 N–H and O–H groups in total. The first kappa shape index (κ1) is 23.7.